The van der Waals surface area contributed by atoms with Crippen LogP contribution in [0.3, 0.4) is 0 Å². The molecule has 0 aliphatic heterocycles. The number of anilines is 1. The molecule has 4 rings (SSSR count). The lowest BCUT2D eigenvalue weighted by atomic mass is 10.3. The van der Waals surface area contributed by atoms with Gasteiger partial charge in [-0.05, 0) is 43.3 Å². The van der Waals surface area contributed by atoms with Gasteiger partial charge in [-0.15, -0.1) is 24.5 Å². The third-order valence-electron chi connectivity index (χ3n) is 4.03. The molecule has 1 amide bonds. The van der Waals surface area contributed by atoms with Crippen molar-refractivity contribution in [2.75, 3.05) is 5.32 Å². The lowest BCUT2D eigenvalue weighted by molar-refractivity contribution is -0.274. The predicted octanol–water partition coefficient (Wildman–Crippen LogP) is 3.96. The number of nitrogens with zero attached hydrogens (tertiary/aromatic N) is 3. The first kappa shape index (κ1) is 20.6. The number of carbonyl (C=O) groups excluding carboxylic acids is 1. The Morgan fingerprint density at radius 2 is 2.00 bits per heavy atom. The molecular formula is C19H13F3N4O4S. The maximum atomic E-state index is 12.7. The molecular weight excluding hydrogens is 437 g/mol. The summed E-state index contributed by atoms with van der Waals surface area (Å²) < 4.78 is 47.4. The molecule has 0 fully saturated rings. The molecule has 0 radical (unpaired) electrons. The summed E-state index contributed by atoms with van der Waals surface area (Å²) in [5, 5.41) is 7.42. The maximum absolute atomic E-state index is 12.7. The van der Waals surface area contributed by atoms with E-state index >= 15 is 0 Å². The minimum absolute atomic E-state index is 0.172. The molecule has 3 heterocycles. The van der Waals surface area contributed by atoms with Gasteiger partial charge in [-0.2, -0.15) is 5.10 Å². The Labute approximate surface area is 175 Å². The molecule has 8 nitrogen and oxygen atoms in total. The van der Waals surface area contributed by atoms with E-state index in [9.17, 15) is 22.8 Å². The van der Waals surface area contributed by atoms with Gasteiger partial charge in [0.15, 0.2) is 11.3 Å². The number of fused-ring (bicyclic) bond motifs is 1. The average molecular weight is 450 g/mol. The average Bonchev–Trinajstić information content (AvgIpc) is 3.34. The lowest BCUT2D eigenvalue weighted by Crippen LogP contribution is -2.30. The van der Waals surface area contributed by atoms with Gasteiger partial charge in [0.05, 0.1) is 16.0 Å². The van der Waals surface area contributed by atoms with Crippen molar-refractivity contribution in [3.05, 3.63) is 58.0 Å². The van der Waals surface area contributed by atoms with Crippen LogP contribution in [0.15, 0.2) is 51.9 Å². The number of aromatic nitrogens is 3. The SMILES string of the molecule is Cc1nc2c(=O)n(CC(=O)Nc3ccc(OC(F)(F)F)cc3)nc(-c3ccco3)c2s1. The van der Waals surface area contributed by atoms with Gasteiger partial charge in [0.2, 0.25) is 5.91 Å². The molecule has 0 bridgehead atoms. The first-order valence-corrected chi connectivity index (χ1v) is 9.59. The van der Waals surface area contributed by atoms with Gasteiger partial charge in [0.1, 0.15) is 18.0 Å². The number of rotatable bonds is 5. The summed E-state index contributed by atoms with van der Waals surface area (Å²) in [6.07, 6.45) is -3.35. The monoisotopic (exact) mass is 450 g/mol. The second-order valence-corrected chi connectivity index (χ2v) is 7.52. The number of aryl methyl sites for hydroxylation is 1. The van der Waals surface area contributed by atoms with Crippen LogP contribution in [-0.2, 0) is 11.3 Å². The van der Waals surface area contributed by atoms with E-state index in [4.69, 9.17) is 4.42 Å². The lowest BCUT2D eigenvalue weighted by Gasteiger charge is -2.10. The molecule has 0 spiro atoms. The van der Waals surface area contributed by atoms with Crippen molar-refractivity contribution in [1.29, 1.82) is 0 Å². The highest BCUT2D eigenvalue weighted by molar-refractivity contribution is 7.19. The van der Waals surface area contributed by atoms with Gasteiger partial charge in [0.25, 0.3) is 5.56 Å². The van der Waals surface area contributed by atoms with Crippen molar-refractivity contribution in [1.82, 2.24) is 14.8 Å². The largest absolute Gasteiger partial charge is 0.573 e. The number of amides is 1. The minimum atomic E-state index is -4.81. The molecule has 3 aromatic heterocycles. The van der Waals surface area contributed by atoms with E-state index in [1.165, 1.54) is 29.7 Å². The van der Waals surface area contributed by atoms with Crippen molar-refractivity contribution in [3.8, 4) is 17.2 Å². The van der Waals surface area contributed by atoms with Crippen molar-refractivity contribution in [2.24, 2.45) is 0 Å². The third kappa shape index (κ3) is 4.58. The number of halogens is 3. The summed E-state index contributed by atoms with van der Waals surface area (Å²) in [4.78, 5) is 29.4. The van der Waals surface area contributed by atoms with Crippen LogP contribution in [0.4, 0.5) is 18.9 Å². The van der Waals surface area contributed by atoms with Gasteiger partial charge >= 0.3 is 6.36 Å². The Morgan fingerprint density at radius 1 is 1.26 bits per heavy atom. The Balaban J connectivity index is 1.58. The Hall–Kier alpha value is -3.67. The van der Waals surface area contributed by atoms with Crippen LogP contribution in [-0.4, -0.2) is 27.0 Å². The van der Waals surface area contributed by atoms with E-state index in [0.717, 1.165) is 16.8 Å². The molecule has 0 atom stereocenters. The minimum Gasteiger partial charge on any atom is -0.463 e. The summed E-state index contributed by atoms with van der Waals surface area (Å²) in [5.41, 5.74) is 0.236. The number of hydrogen-bond acceptors (Lipinski definition) is 7. The number of benzene rings is 1. The van der Waals surface area contributed by atoms with Gasteiger partial charge in [0, 0.05) is 5.69 Å². The molecule has 12 heteroatoms. The van der Waals surface area contributed by atoms with Crippen molar-refractivity contribution >= 4 is 33.1 Å². The standard InChI is InChI=1S/C19H13F3N4O4S/c1-10-23-16-17(31-10)15(13-3-2-8-29-13)25-26(18(16)28)9-14(27)24-11-4-6-12(7-5-11)30-19(20,21)22/h2-8H,9H2,1H3,(H,24,27). The summed E-state index contributed by atoms with van der Waals surface area (Å²) in [5.74, 6) is -0.602. The number of carbonyl (C=O) groups is 1. The van der Waals surface area contributed by atoms with Gasteiger partial charge in [-0.1, -0.05) is 0 Å². The number of ether oxygens (including phenoxy) is 1. The fourth-order valence-electron chi connectivity index (χ4n) is 2.82. The van der Waals surface area contributed by atoms with Crippen LogP contribution >= 0.6 is 11.3 Å². The molecule has 0 aliphatic rings. The zero-order valence-electron chi connectivity index (χ0n) is 15.8. The topological polar surface area (TPSA) is 99.2 Å². The second-order valence-electron chi connectivity index (χ2n) is 6.32. The quantitative estimate of drug-likeness (QED) is 0.494. The molecule has 0 saturated heterocycles. The van der Waals surface area contributed by atoms with Crippen LogP contribution in [0.1, 0.15) is 5.01 Å². The van der Waals surface area contributed by atoms with E-state index in [1.54, 1.807) is 19.1 Å². The van der Waals surface area contributed by atoms with Gasteiger partial charge in [-0.3, -0.25) is 9.59 Å². The number of thiazole rings is 1. The zero-order chi connectivity index (χ0) is 22.2. The van der Waals surface area contributed by atoms with Crippen LogP contribution < -0.4 is 15.6 Å². The highest BCUT2D eigenvalue weighted by Crippen LogP contribution is 2.29. The molecule has 1 aromatic carbocycles. The predicted molar refractivity (Wildman–Crippen MR) is 106 cm³/mol. The number of nitrogens with one attached hydrogen (secondary N) is 1. The van der Waals surface area contributed by atoms with Crippen LogP contribution in [0, 0.1) is 6.92 Å². The highest BCUT2D eigenvalue weighted by atomic mass is 32.1. The summed E-state index contributed by atoms with van der Waals surface area (Å²) in [6, 6.07) is 7.97. The molecule has 160 valence electrons. The maximum Gasteiger partial charge on any atom is 0.573 e. The van der Waals surface area contributed by atoms with Gasteiger partial charge < -0.3 is 14.5 Å². The fraction of sp³-hybridized carbons (Fsp3) is 0.158. The van der Waals surface area contributed by atoms with Crippen molar-refractivity contribution in [2.45, 2.75) is 19.8 Å². The van der Waals surface area contributed by atoms with Gasteiger partial charge in [-0.25, -0.2) is 9.67 Å². The van der Waals surface area contributed by atoms with Crippen LogP contribution in [0.2, 0.25) is 0 Å². The van der Waals surface area contributed by atoms with E-state index in [1.807, 2.05) is 0 Å². The summed E-state index contributed by atoms with van der Waals surface area (Å²) in [6.45, 7) is 1.32. The zero-order valence-corrected chi connectivity index (χ0v) is 16.6. The van der Waals surface area contributed by atoms with Crippen LogP contribution in [0.5, 0.6) is 5.75 Å². The van der Waals surface area contributed by atoms with Crippen LogP contribution in [0.25, 0.3) is 21.7 Å². The van der Waals surface area contributed by atoms with E-state index in [2.05, 4.69) is 20.1 Å². The number of furan rings is 1. The second kappa shape index (κ2) is 7.87. The smallest absolute Gasteiger partial charge is 0.463 e. The molecule has 31 heavy (non-hydrogen) atoms. The normalized spacial score (nSPS) is 11.6. The summed E-state index contributed by atoms with van der Waals surface area (Å²) in [7, 11) is 0. The molecule has 0 saturated carbocycles. The molecule has 0 unspecified atom stereocenters. The van der Waals surface area contributed by atoms with Crippen molar-refractivity contribution < 1.29 is 27.1 Å². The number of hydrogen-bond donors (Lipinski definition) is 1. The van der Waals surface area contributed by atoms with E-state index in [0.29, 0.717) is 21.2 Å². The third-order valence-corrected chi connectivity index (χ3v) is 5.00. The van der Waals surface area contributed by atoms with Crippen molar-refractivity contribution in [3.63, 3.8) is 0 Å². The first-order valence-electron chi connectivity index (χ1n) is 8.77. The highest BCUT2D eigenvalue weighted by Gasteiger charge is 2.31. The first-order chi connectivity index (χ1) is 14.7. The Kier molecular flexibility index (Phi) is 5.23. The Morgan fingerprint density at radius 3 is 2.65 bits per heavy atom. The molecule has 4 aromatic rings. The fourth-order valence-corrected chi connectivity index (χ4v) is 3.72. The molecule has 0 aliphatic carbocycles. The Bertz CT molecular complexity index is 1290. The number of alkyl halides is 3. The molecule has 1 N–H and O–H groups in total. The summed E-state index contributed by atoms with van der Waals surface area (Å²) >= 11 is 1.29. The van der Waals surface area contributed by atoms with E-state index in [-0.39, 0.29) is 11.2 Å². The van der Waals surface area contributed by atoms with E-state index < -0.39 is 30.1 Å².